The zero-order chi connectivity index (χ0) is 12.5. The molecule has 0 saturated carbocycles. The molecule has 2 heteroatoms. The highest BCUT2D eigenvalue weighted by molar-refractivity contribution is 5.61. The Bertz CT molecular complexity index is 392. The second-order valence-electron chi connectivity index (χ2n) is 6.13. The van der Waals surface area contributed by atoms with E-state index >= 15 is 0 Å². The Morgan fingerprint density at radius 2 is 2.12 bits per heavy atom. The van der Waals surface area contributed by atoms with Crippen molar-refractivity contribution in [3.05, 3.63) is 29.3 Å². The summed E-state index contributed by atoms with van der Waals surface area (Å²) in [6.07, 6.45) is 1.71. The molecule has 0 radical (unpaired) electrons. The normalized spacial score (nSPS) is 16.5. The zero-order valence-electron chi connectivity index (χ0n) is 11.0. The van der Waals surface area contributed by atoms with Crippen LogP contribution in [0.15, 0.2) is 18.2 Å². The van der Waals surface area contributed by atoms with E-state index < -0.39 is 6.17 Å². The highest BCUT2D eigenvalue weighted by atomic mass is 19.1. The summed E-state index contributed by atoms with van der Waals surface area (Å²) in [5.41, 5.74) is 3.37. The van der Waals surface area contributed by atoms with Crippen LogP contribution in [-0.2, 0) is 6.42 Å². The first-order chi connectivity index (χ1) is 7.97. The molecular weight excluding hydrogens is 213 g/mol. The lowest BCUT2D eigenvalue weighted by Crippen LogP contribution is -2.07. The number of fused-ring (bicyclic) bond motifs is 1. The van der Waals surface area contributed by atoms with E-state index in [2.05, 4.69) is 32.2 Å². The van der Waals surface area contributed by atoms with E-state index in [4.69, 9.17) is 0 Å². The molecule has 1 nitrogen and oxygen atoms in total. The highest BCUT2D eigenvalue weighted by Crippen LogP contribution is 2.36. The molecule has 94 valence electrons. The van der Waals surface area contributed by atoms with E-state index in [-0.39, 0.29) is 5.41 Å². The fraction of sp³-hybridized carbons (Fsp3) is 0.600. The number of alkyl halides is 1. The van der Waals surface area contributed by atoms with Crippen LogP contribution >= 0.6 is 0 Å². The summed E-state index contributed by atoms with van der Waals surface area (Å²) < 4.78 is 14.3. The van der Waals surface area contributed by atoms with Gasteiger partial charge in [0.05, 0.1) is 0 Å². The SMILES string of the molecule is CC(C)(C)CCC(F)c1cccc2c1NCC2. The maximum Gasteiger partial charge on any atom is 0.127 e. The summed E-state index contributed by atoms with van der Waals surface area (Å²) >= 11 is 0. The van der Waals surface area contributed by atoms with Gasteiger partial charge in [-0.2, -0.15) is 0 Å². The van der Waals surface area contributed by atoms with Crippen LogP contribution in [0, 0.1) is 5.41 Å². The van der Waals surface area contributed by atoms with E-state index in [1.165, 1.54) is 5.56 Å². The molecular formula is C15H22FN. The lowest BCUT2D eigenvalue weighted by molar-refractivity contribution is 0.263. The van der Waals surface area contributed by atoms with E-state index in [1.807, 2.05) is 12.1 Å². The second-order valence-corrected chi connectivity index (χ2v) is 6.13. The van der Waals surface area contributed by atoms with Gasteiger partial charge in [-0.1, -0.05) is 39.0 Å². The van der Waals surface area contributed by atoms with Gasteiger partial charge in [-0.15, -0.1) is 0 Å². The third-order valence-electron chi connectivity index (χ3n) is 3.36. The minimum Gasteiger partial charge on any atom is -0.384 e. The van der Waals surface area contributed by atoms with Gasteiger partial charge in [-0.25, -0.2) is 4.39 Å². The number of nitrogens with one attached hydrogen (secondary N) is 1. The molecule has 0 fully saturated rings. The quantitative estimate of drug-likeness (QED) is 0.813. The number of anilines is 1. The summed E-state index contributed by atoms with van der Waals surface area (Å²) in [6, 6.07) is 5.99. The second kappa shape index (κ2) is 4.67. The van der Waals surface area contributed by atoms with Crippen LogP contribution in [0.25, 0.3) is 0 Å². The summed E-state index contributed by atoms with van der Waals surface area (Å²) in [4.78, 5) is 0. The van der Waals surface area contributed by atoms with E-state index in [0.29, 0.717) is 6.42 Å². The average Bonchev–Trinajstić information content (AvgIpc) is 2.72. The minimum absolute atomic E-state index is 0.204. The maximum absolute atomic E-state index is 14.3. The van der Waals surface area contributed by atoms with Crippen molar-refractivity contribution in [2.24, 2.45) is 5.41 Å². The summed E-state index contributed by atoms with van der Waals surface area (Å²) in [5, 5.41) is 3.31. The minimum atomic E-state index is -0.838. The van der Waals surface area contributed by atoms with Gasteiger partial charge < -0.3 is 5.32 Å². The summed E-state index contributed by atoms with van der Waals surface area (Å²) in [5.74, 6) is 0. The number of halogens is 1. The molecule has 1 aliphatic rings. The fourth-order valence-electron chi connectivity index (χ4n) is 2.34. The van der Waals surface area contributed by atoms with E-state index in [9.17, 15) is 4.39 Å². The van der Waals surface area contributed by atoms with Gasteiger partial charge in [-0.05, 0) is 30.2 Å². The predicted molar refractivity (Wildman–Crippen MR) is 71.2 cm³/mol. The number of rotatable bonds is 3. The van der Waals surface area contributed by atoms with Gasteiger partial charge in [0, 0.05) is 17.8 Å². The Labute approximate surface area is 103 Å². The standard InChI is InChI=1S/C15H22FN/c1-15(2,3)9-7-13(16)12-6-4-5-11-8-10-17-14(11)12/h4-6,13,17H,7-10H2,1-3H3. The summed E-state index contributed by atoms with van der Waals surface area (Å²) in [7, 11) is 0. The Morgan fingerprint density at radius 1 is 1.35 bits per heavy atom. The Kier molecular flexibility index (Phi) is 3.41. The molecule has 0 bridgehead atoms. The van der Waals surface area contributed by atoms with Gasteiger partial charge in [0.2, 0.25) is 0 Å². The number of para-hydroxylation sites is 1. The van der Waals surface area contributed by atoms with Crippen molar-refractivity contribution in [2.75, 3.05) is 11.9 Å². The van der Waals surface area contributed by atoms with Gasteiger partial charge in [0.25, 0.3) is 0 Å². The Morgan fingerprint density at radius 3 is 2.82 bits per heavy atom. The van der Waals surface area contributed by atoms with Gasteiger partial charge in [0.15, 0.2) is 0 Å². The van der Waals surface area contributed by atoms with Crippen molar-refractivity contribution in [1.29, 1.82) is 0 Å². The van der Waals surface area contributed by atoms with Crippen LogP contribution < -0.4 is 5.32 Å². The maximum atomic E-state index is 14.3. The van der Waals surface area contributed by atoms with Gasteiger partial charge in [0.1, 0.15) is 6.17 Å². The third-order valence-corrected chi connectivity index (χ3v) is 3.36. The Balaban J connectivity index is 2.10. The molecule has 2 rings (SSSR count). The van der Waals surface area contributed by atoms with Crippen LogP contribution in [0.2, 0.25) is 0 Å². The third kappa shape index (κ3) is 2.99. The number of hydrogen-bond donors (Lipinski definition) is 1. The number of hydrogen-bond acceptors (Lipinski definition) is 1. The molecule has 0 saturated heterocycles. The molecule has 17 heavy (non-hydrogen) atoms. The average molecular weight is 235 g/mol. The van der Waals surface area contributed by atoms with E-state index in [1.54, 1.807) is 0 Å². The van der Waals surface area contributed by atoms with Crippen molar-refractivity contribution in [1.82, 2.24) is 0 Å². The molecule has 1 heterocycles. The largest absolute Gasteiger partial charge is 0.384 e. The van der Waals surface area contributed by atoms with Crippen LogP contribution in [0.3, 0.4) is 0 Å². The monoisotopic (exact) mass is 235 g/mol. The van der Waals surface area contributed by atoms with Crippen LogP contribution in [0.5, 0.6) is 0 Å². The molecule has 1 unspecified atom stereocenters. The number of benzene rings is 1. The Hall–Kier alpha value is -1.05. The first-order valence-corrected chi connectivity index (χ1v) is 6.47. The molecule has 1 N–H and O–H groups in total. The molecule has 1 aromatic carbocycles. The summed E-state index contributed by atoms with van der Waals surface area (Å²) in [6.45, 7) is 7.42. The van der Waals surface area contributed by atoms with Crippen molar-refractivity contribution < 1.29 is 4.39 Å². The fourth-order valence-corrected chi connectivity index (χ4v) is 2.34. The van der Waals surface area contributed by atoms with Crippen LogP contribution in [-0.4, -0.2) is 6.54 Å². The molecule has 0 aliphatic carbocycles. The van der Waals surface area contributed by atoms with Crippen molar-refractivity contribution >= 4 is 5.69 Å². The van der Waals surface area contributed by atoms with Crippen molar-refractivity contribution in [3.8, 4) is 0 Å². The van der Waals surface area contributed by atoms with Gasteiger partial charge >= 0.3 is 0 Å². The van der Waals surface area contributed by atoms with Crippen LogP contribution in [0.1, 0.15) is 50.9 Å². The molecule has 1 aromatic rings. The topological polar surface area (TPSA) is 12.0 Å². The molecule has 0 spiro atoms. The first kappa shape index (κ1) is 12.4. The lowest BCUT2D eigenvalue weighted by atomic mass is 9.88. The molecule has 1 atom stereocenters. The lowest BCUT2D eigenvalue weighted by Gasteiger charge is -2.20. The molecule has 0 aromatic heterocycles. The zero-order valence-corrected chi connectivity index (χ0v) is 11.0. The van der Waals surface area contributed by atoms with E-state index in [0.717, 1.165) is 30.6 Å². The van der Waals surface area contributed by atoms with Crippen molar-refractivity contribution in [3.63, 3.8) is 0 Å². The highest BCUT2D eigenvalue weighted by Gasteiger charge is 2.21. The van der Waals surface area contributed by atoms with Crippen LogP contribution in [0.4, 0.5) is 10.1 Å². The molecule has 0 amide bonds. The van der Waals surface area contributed by atoms with Gasteiger partial charge in [-0.3, -0.25) is 0 Å². The first-order valence-electron chi connectivity index (χ1n) is 6.47. The molecule has 1 aliphatic heterocycles. The predicted octanol–water partition coefficient (Wildman–Crippen LogP) is 4.49. The van der Waals surface area contributed by atoms with Crippen molar-refractivity contribution in [2.45, 2.75) is 46.2 Å². The smallest absolute Gasteiger partial charge is 0.127 e.